The molecule has 1 aromatic heterocycles. The second-order valence-corrected chi connectivity index (χ2v) is 12.0. The molecule has 1 saturated heterocycles. The van der Waals surface area contributed by atoms with E-state index in [1.54, 1.807) is 0 Å². The fourth-order valence-corrected chi connectivity index (χ4v) is 6.29. The molecule has 0 atom stereocenters. The monoisotopic (exact) mass is 520 g/mol. The normalized spacial score (nSPS) is 16.6. The number of rotatable bonds is 2. The summed E-state index contributed by atoms with van der Waals surface area (Å²) in [6.07, 6.45) is 0. The van der Waals surface area contributed by atoms with Gasteiger partial charge in [-0.1, -0.05) is 78.9 Å². The van der Waals surface area contributed by atoms with Crippen molar-refractivity contribution in [2.75, 3.05) is 0 Å². The van der Waals surface area contributed by atoms with E-state index in [4.69, 9.17) is 13.7 Å². The topological polar surface area (TPSA) is 31.6 Å². The lowest BCUT2D eigenvalue weighted by atomic mass is 9.76. The molecular weight excluding hydrogens is 491 g/mol. The van der Waals surface area contributed by atoms with Gasteiger partial charge < -0.3 is 13.7 Å². The van der Waals surface area contributed by atoms with Gasteiger partial charge in [0, 0.05) is 10.8 Å². The first-order chi connectivity index (χ1) is 19.3. The van der Waals surface area contributed by atoms with Crippen molar-refractivity contribution in [3.8, 4) is 11.1 Å². The Balaban J connectivity index is 1.33. The van der Waals surface area contributed by atoms with Gasteiger partial charge in [-0.05, 0) is 101 Å². The SMILES string of the molecule is CC1(C)OB(c2cccc3oc4ccc(-c5ccc6c7ccccc7c7ccccc7c6c5)cc4c23)OC1(C)C. The third-order valence-corrected chi connectivity index (χ3v) is 9.11. The van der Waals surface area contributed by atoms with Crippen LogP contribution in [0.3, 0.4) is 0 Å². The standard InChI is InChI=1S/C36H29BO3/c1-35(2)36(3,4)40-37(39-35)31-14-9-15-33-34(31)30-21-23(17-19-32(30)38-33)22-16-18-28-26-12-6-5-10-24(26)25-11-7-8-13-27(25)29(28)20-22/h5-21H,1-4H3. The molecule has 0 amide bonds. The van der Waals surface area contributed by atoms with Crippen LogP contribution in [0.15, 0.2) is 108 Å². The van der Waals surface area contributed by atoms with Crippen LogP contribution in [0.5, 0.6) is 0 Å². The van der Waals surface area contributed by atoms with Crippen LogP contribution < -0.4 is 5.46 Å². The van der Waals surface area contributed by atoms with E-state index >= 15 is 0 Å². The summed E-state index contributed by atoms with van der Waals surface area (Å²) < 4.78 is 19.2. The summed E-state index contributed by atoms with van der Waals surface area (Å²) in [5.74, 6) is 0. The smallest absolute Gasteiger partial charge is 0.456 e. The number of fused-ring (bicyclic) bond motifs is 9. The highest BCUT2D eigenvalue weighted by Gasteiger charge is 2.52. The molecule has 4 heteroatoms. The Labute approximate surface area is 233 Å². The zero-order valence-electron chi connectivity index (χ0n) is 23.1. The Hall–Kier alpha value is -4.12. The fraction of sp³-hybridized carbons (Fsp3) is 0.167. The number of benzene rings is 6. The first-order valence-electron chi connectivity index (χ1n) is 14.0. The Morgan fingerprint density at radius 1 is 0.475 bits per heavy atom. The maximum atomic E-state index is 6.45. The van der Waals surface area contributed by atoms with E-state index in [2.05, 4.69) is 119 Å². The number of furan rings is 1. The van der Waals surface area contributed by atoms with E-state index in [0.717, 1.165) is 33.0 Å². The summed E-state index contributed by atoms with van der Waals surface area (Å²) in [4.78, 5) is 0. The zero-order valence-corrected chi connectivity index (χ0v) is 23.1. The van der Waals surface area contributed by atoms with Crippen LogP contribution in [0.2, 0.25) is 0 Å². The highest BCUT2D eigenvalue weighted by Crippen LogP contribution is 2.40. The second-order valence-electron chi connectivity index (χ2n) is 12.0. The molecule has 0 spiro atoms. The summed E-state index contributed by atoms with van der Waals surface area (Å²) in [6.45, 7) is 8.35. The molecule has 0 N–H and O–H groups in total. The van der Waals surface area contributed by atoms with Gasteiger partial charge in [0.25, 0.3) is 0 Å². The molecule has 1 aliphatic heterocycles. The number of hydrogen-bond donors (Lipinski definition) is 0. The third kappa shape index (κ3) is 3.33. The van der Waals surface area contributed by atoms with Gasteiger partial charge in [0.2, 0.25) is 0 Å². The van der Waals surface area contributed by atoms with E-state index in [9.17, 15) is 0 Å². The van der Waals surface area contributed by atoms with Crippen molar-refractivity contribution in [1.29, 1.82) is 0 Å². The minimum absolute atomic E-state index is 0.414. The van der Waals surface area contributed by atoms with Crippen LogP contribution in [-0.2, 0) is 9.31 Å². The van der Waals surface area contributed by atoms with E-state index in [0.29, 0.717) is 0 Å². The highest BCUT2D eigenvalue weighted by atomic mass is 16.7. The maximum absolute atomic E-state index is 6.45. The van der Waals surface area contributed by atoms with Gasteiger partial charge in [0.1, 0.15) is 11.2 Å². The summed E-state index contributed by atoms with van der Waals surface area (Å²) in [5.41, 5.74) is 4.21. The molecule has 0 unspecified atom stereocenters. The Morgan fingerprint density at radius 3 is 1.62 bits per heavy atom. The lowest BCUT2D eigenvalue weighted by molar-refractivity contribution is 0.00578. The first kappa shape index (κ1) is 23.7. The largest absolute Gasteiger partial charge is 0.495 e. The van der Waals surface area contributed by atoms with Gasteiger partial charge >= 0.3 is 7.12 Å². The molecule has 1 aliphatic rings. The average molecular weight is 520 g/mol. The van der Waals surface area contributed by atoms with Crippen LogP contribution in [0.4, 0.5) is 0 Å². The minimum Gasteiger partial charge on any atom is -0.456 e. The van der Waals surface area contributed by atoms with Crippen molar-refractivity contribution in [2.24, 2.45) is 0 Å². The molecule has 40 heavy (non-hydrogen) atoms. The quantitative estimate of drug-likeness (QED) is 0.168. The molecule has 6 aromatic carbocycles. The van der Waals surface area contributed by atoms with Gasteiger partial charge in [0.15, 0.2) is 0 Å². The predicted octanol–water partition coefficient (Wildman–Crippen LogP) is 9.01. The Kier molecular flexibility index (Phi) is 4.87. The van der Waals surface area contributed by atoms with E-state index in [1.165, 1.54) is 37.9 Å². The third-order valence-electron chi connectivity index (χ3n) is 9.11. The van der Waals surface area contributed by atoms with Gasteiger partial charge in [-0.3, -0.25) is 0 Å². The van der Waals surface area contributed by atoms with Crippen LogP contribution >= 0.6 is 0 Å². The van der Waals surface area contributed by atoms with Gasteiger partial charge in [0.05, 0.1) is 11.2 Å². The van der Waals surface area contributed by atoms with Crippen molar-refractivity contribution in [1.82, 2.24) is 0 Å². The molecule has 2 heterocycles. The highest BCUT2D eigenvalue weighted by molar-refractivity contribution is 6.66. The van der Waals surface area contributed by atoms with Crippen molar-refractivity contribution in [2.45, 2.75) is 38.9 Å². The maximum Gasteiger partial charge on any atom is 0.495 e. The average Bonchev–Trinajstić information content (AvgIpc) is 3.45. The summed E-state index contributed by atoms with van der Waals surface area (Å²) in [5, 5.41) is 9.79. The minimum atomic E-state index is -0.460. The van der Waals surface area contributed by atoms with E-state index < -0.39 is 18.3 Å². The second kappa shape index (κ2) is 8.20. The first-order valence-corrected chi connectivity index (χ1v) is 14.0. The fourth-order valence-electron chi connectivity index (χ4n) is 6.29. The van der Waals surface area contributed by atoms with Crippen molar-refractivity contribution >= 4 is 66.8 Å². The van der Waals surface area contributed by atoms with Crippen molar-refractivity contribution in [3.05, 3.63) is 103 Å². The summed E-state index contributed by atoms with van der Waals surface area (Å²) >= 11 is 0. The molecule has 0 aliphatic carbocycles. The van der Waals surface area contributed by atoms with E-state index in [-0.39, 0.29) is 0 Å². The summed E-state index contributed by atoms with van der Waals surface area (Å²) in [7, 11) is -0.460. The number of hydrogen-bond acceptors (Lipinski definition) is 3. The molecule has 0 radical (unpaired) electrons. The van der Waals surface area contributed by atoms with Gasteiger partial charge in [-0.25, -0.2) is 0 Å². The lowest BCUT2D eigenvalue weighted by Crippen LogP contribution is -2.41. The van der Waals surface area contributed by atoms with Crippen LogP contribution in [0.1, 0.15) is 27.7 Å². The van der Waals surface area contributed by atoms with E-state index in [1.807, 2.05) is 12.1 Å². The molecular formula is C36H29BO3. The van der Waals surface area contributed by atoms with Crippen molar-refractivity contribution < 1.29 is 13.7 Å². The van der Waals surface area contributed by atoms with Crippen molar-refractivity contribution in [3.63, 3.8) is 0 Å². The molecule has 3 nitrogen and oxygen atoms in total. The van der Waals surface area contributed by atoms with Gasteiger partial charge in [-0.2, -0.15) is 0 Å². The zero-order chi connectivity index (χ0) is 27.2. The molecule has 7 aromatic rings. The predicted molar refractivity (Wildman–Crippen MR) is 167 cm³/mol. The Bertz CT molecular complexity index is 2080. The molecule has 194 valence electrons. The molecule has 0 saturated carbocycles. The molecule has 1 fully saturated rings. The lowest BCUT2D eigenvalue weighted by Gasteiger charge is -2.32. The van der Waals surface area contributed by atoms with Gasteiger partial charge in [-0.15, -0.1) is 0 Å². The van der Waals surface area contributed by atoms with Crippen LogP contribution in [0.25, 0.3) is 65.4 Å². The van der Waals surface area contributed by atoms with Crippen LogP contribution in [-0.4, -0.2) is 18.3 Å². The van der Waals surface area contributed by atoms with Crippen LogP contribution in [0, 0.1) is 0 Å². The molecule has 8 rings (SSSR count). The molecule has 0 bridgehead atoms. The summed E-state index contributed by atoms with van der Waals surface area (Å²) in [6, 6.07) is 36.9. The Morgan fingerprint density at radius 2 is 1.00 bits per heavy atom.